The number of carbonyl (C=O) groups is 1. The van der Waals surface area contributed by atoms with E-state index in [1.807, 2.05) is 58.2 Å². The van der Waals surface area contributed by atoms with Crippen LogP contribution in [0.3, 0.4) is 0 Å². The summed E-state index contributed by atoms with van der Waals surface area (Å²) < 4.78 is 33.5. The molecule has 0 aliphatic carbocycles. The minimum absolute atomic E-state index is 0.0497. The fraction of sp³-hybridized carbons (Fsp3) is 0.176. The number of thioether (sulfide) groups is 2. The number of aliphatic hydroxyl groups is 1. The number of nitrogens with zero attached hydrogens (tertiary/aromatic N) is 8. The highest BCUT2D eigenvalue weighted by molar-refractivity contribution is 8.00. The van der Waals surface area contributed by atoms with Crippen molar-refractivity contribution >= 4 is 52.1 Å². The molecule has 0 saturated heterocycles. The van der Waals surface area contributed by atoms with Crippen molar-refractivity contribution in [2.24, 2.45) is 7.05 Å². The predicted molar refractivity (Wildman–Crippen MR) is 192 cm³/mol. The maximum absolute atomic E-state index is 15.1. The number of nitrogens with one attached hydrogen (secondary N) is 2. The van der Waals surface area contributed by atoms with E-state index in [4.69, 9.17) is 0 Å². The van der Waals surface area contributed by atoms with Crippen LogP contribution in [0, 0.1) is 0 Å². The lowest BCUT2D eigenvalue weighted by Crippen LogP contribution is -2.37. The Hall–Kier alpha value is -5.32. The molecule has 1 unspecified atom stereocenters. The Kier molecular flexibility index (Phi) is 10.7. The fourth-order valence-corrected chi connectivity index (χ4v) is 6.40. The maximum atomic E-state index is 15.1. The van der Waals surface area contributed by atoms with E-state index in [2.05, 4.69) is 42.6 Å². The van der Waals surface area contributed by atoms with E-state index in [0.29, 0.717) is 41.1 Å². The molecule has 5 aromatic rings. The van der Waals surface area contributed by atoms with Gasteiger partial charge in [0.05, 0.1) is 5.75 Å². The number of carbonyl (C=O) groups excluding carboxylic acids is 1. The van der Waals surface area contributed by atoms with Crippen LogP contribution in [0.15, 0.2) is 120 Å². The Labute approximate surface area is 295 Å². The van der Waals surface area contributed by atoms with Crippen LogP contribution in [0.1, 0.15) is 5.82 Å². The van der Waals surface area contributed by atoms with E-state index in [-0.39, 0.29) is 28.6 Å². The molecule has 3 aromatic heterocycles. The van der Waals surface area contributed by atoms with Gasteiger partial charge in [-0.3, -0.25) is 14.3 Å². The number of amides is 1. The Bertz CT molecular complexity index is 2000. The summed E-state index contributed by atoms with van der Waals surface area (Å²) in [6.07, 6.45) is 8.50. The number of aliphatic hydroxyl groups excluding tert-OH is 1. The number of hydrogen-bond acceptors (Lipinski definition) is 11. The van der Waals surface area contributed by atoms with Gasteiger partial charge in [0.15, 0.2) is 22.0 Å². The number of benzene rings is 2. The van der Waals surface area contributed by atoms with Gasteiger partial charge in [-0.15, -0.1) is 27.0 Å². The zero-order valence-corrected chi connectivity index (χ0v) is 28.4. The number of para-hydroxylation sites is 1. The van der Waals surface area contributed by atoms with E-state index in [1.165, 1.54) is 16.3 Å². The quantitative estimate of drug-likeness (QED) is 0.0718. The number of anilines is 3. The molecule has 4 heterocycles. The molecule has 2 aromatic carbocycles. The summed E-state index contributed by atoms with van der Waals surface area (Å²) in [6, 6.07) is 19.4. The number of hydrogen-bond donors (Lipinski definition) is 3. The van der Waals surface area contributed by atoms with Gasteiger partial charge in [-0.2, -0.15) is 8.78 Å². The van der Waals surface area contributed by atoms with E-state index >= 15 is 8.78 Å². The van der Waals surface area contributed by atoms with Crippen molar-refractivity contribution in [1.82, 2.24) is 34.5 Å². The molecule has 1 aliphatic heterocycles. The maximum Gasteiger partial charge on any atom is 0.344 e. The first-order chi connectivity index (χ1) is 24.2. The normalized spacial score (nSPS) is 13.5. The van der Waals surface area contributed by atoms with Gasteiger partial charge in [-0.25, -0.2) is 0 Å². The smallest absolute Gasteiger partial charge is 0.344 e. The lowest BCUT2D eigenvalue weighted by molar-refractivity contribution is -0.113. The lowest BCUT2D eigenvalue weighted by atomic mass is 10.1. The molecule has 50 heavy (non-hydrogen) atoms. The first-order valence-corrected chi connectivity index (χ1v) is 17.1. The highest BCUT2D eigenvalue weighted by atomic mass is 32.2. The molecule has 0 bridgehead atoms. The number of pyridine rings is 1. The van der Waals surface area contributed by atoms with Crippen molar-refractivity contribution < 1.29 is 18.7 Å². The van der Waals surface area contributed by atoms with Crippen LogP contribution in [0.5, 0.6) is 0 Å². The van der Waals surface area contributed by atoms with Crippen LogP contribution in [0.2, 0.25) is 0 Å². The average Bonchev–Trinajstić information content (AvgIpc) is 3.70. The number of allylic oxidation sites excluding steroid dienone is 3. The molecule has 1 aliphatic rings. The first kappa shape index (κ1) is 34.5. The monoisotopic (exact) mass is 714 g/mol. The van der Waals surface area contributed by atoms with Crippen LogP contribution < -0.4 is 15.5 Å². The van der Waals surface area contributed by atoms with Crippen molar-refractivity contribution in [3.63, 3.8) is 0 Å². The van der Waals surface area contributed by atoms with E-state index in [0.717, 1.165) is 16.9 Å². The van der Waals surface area contributed by atoms with Crippen molar-refractivity contribution in [1.29, 1.82) is 0 Å². The third-order valence-corrected chi connectivity index (χ3v) is 9.44. The summed E-state index contributed by atoms with van der Waals surface area (Å²) in [5, 5.41) is 29.3. The predicted octanol–water partition coefficient (Wildman–Crippen LogP) is 5.92. The molecule has 0 radical (unpaired) electrons. The summed E-state index contributed by atoms with van der Waals surface area (Å²) in [6.45, 7) is 4.83. The van der Waals surface area contributed by atoms with Crippen LogP contribution in [-0.2, 0) is 18.4 Å². The number of aromatic nitrogens is 7. The lowest BCUT2D eigenvalue weighted by Gasteiger charge is -2.25. The molecular formula is C34H32F2N10O2S2. The number of halogens is 2. The van der Waals surface area contributed by atoms with Gasteiger partial charge in [0.25, 0.3) is 0 Å². The number of alkyl halides is 2. The molecule has 0 saturated carbocycles. The summed E-state index contributed by atoms with van der Waals surface area (Å²) >= 11 is 1.41. The molecule has 12 nitrogen and oxygen atoms in total. The highest BCUT2D eigenvalue weighted by Gasteiger charge is 2.42. The summed E-state index contributed by atoms with van der Waals surface area (Å²) in [5.74, 6) is 1.07. The average molecular weight is 715 g/mol. The molecule has 256 valence electrons. The second-order valence-electron chi connectivity index (χ2n) is 10.9. The van der Waals surface area contributed by atoms with Gasteiger partial charge in [-0.05, 0) is 66.4 Å². The standard InChI is InChI=1S/C34H32F2N10O2S2/c1-3-19-46-30(41-43-33(46)49-22-28(47)38-25-7-5-4-6-8-25)24-15-20-45(21-16-24)27-11-9-26(10-12-27)39-31(48)34(35,36)50-32-42-40-29(44(32)2)23-13-17-37-18-14-23/h3-18,20,31,39,48H,1,19,21-22H2,2H3,(H,38,47). The molecule has 6 rings (SSSR count). The molecule has 0 fully saturated rings. The minimum atomic E-state index is -3.62. The number of rotatable bonds is 14. The Morgan fingerprint density at radius 1 is 1.00 bits per heavy atom. The molecule has 3 N–H and O–H groups in total. The van der Waals surface area contributed by atoms with Crippen molar-refractivity contribution in [2.45, 2.75) is 28.3 Å². The van der Waals surface area contributed by atoms with Gasteiger partial charge < -0.3 is 25.2 Å². The minimum Gasteiger partial charge on any atom is -0.367 e. The molecule has 1 amide bonds. The van der Waals surface area contributed by atoms with E-state index in [9.17, 15) is 9.90 Å². The fourth-order valence-electron chi connectivity index (χ4n) is 4.93. The van der Waals surface area contributed by atoms with Crippen molar-refractivity contribution in [3.05, 3.63) is 116 Å². The molecule has 0 spiro atoms. The molecular weight excluding hydrogens is 683 g/mol. The third-order valence-electron chi connectivity index (χ3n) is 7.44. The SMILES string of the molecule is C=CCn1c(SCC(=O)Nc2ccccc2)nnc1C1=CCN(c2ccc(NC(O)C(F)(F)Sc3nnc(-c4ccncc4)n3C)cc2)C=C1. The van der Waals surface area contributed by atoms with Crippen LogP contribution in [0.25, 0.3) is 17.0 Å². The molecule has 16 heteroatoms. The Balaban J connectivity index is 1.04. The van der Waals surface area contributed by atoms with Gasteiger partial charge >= 0.3 is 5.25 Å². The molecule has 1 atom stereocenters. The summed E-state index contributed by atoms with van der Waals surface area (Å²) in [5.41, 5.74) is 3.39. The van der Waals surface area contributed by atoms with E-state index in [1.54, 1.807) is 61.9 Å². The van der Waals surface area contributed by atoms with Crippen molar-refractivity contribution in [2.75, 3.05) is 27.8 Å². The Morgan fingerprint density at radius 3 is 2.42 bits per heavy atom. The zero-order valence-electron chi connectivity index (χ0n) is 26.7. The van der Waals surface area contributed by atoms with Gasteiger partial charge in [0.2, 0.25) is 12.1 Å². The van der Waals surface area contributed by atoms with Gasteiger partial charge in [0.1, 0.15) is 0 Å². The zero-order chi connectivity index (χ0) is 35.1. The van der Waals surface area contributed by atoms with Gasteiger partial charge in [-0.1, -0.05) is 42.1 Å². The second kappa shape index (κ2) is 15.5. The first-order valence-electron chi connectivity index (χ1n) is 15.3. The summed E-state index contributed by atoms with van der Waals surface area (Å²) in [7, 11) is 1.58. The van der Waals surface area contributed by atoms with Gasteiger partial charge in [0, 0.05) is 66.9 Å². The van der Waals surface area contributed by atoms with Crippen molar-refractivity contribution in [3.8, 4) is 11.4 Å². The summed E-state index contributed by atoms with van der Waals surface area (Å²) in [4.78, 5) is 18.4. The Morgan fingerprint density at radius 2 is 1.72 bits per heavy atom. The van der Waals surface area contributed by atoms with E-state index < -0.39 is 11.5 Å². The van der Waals surface area contributed by atoms with Crippen LogP contribution in [-0.4, -0.2) is 69.3 Å². The largest absolute Gasteiger partial charge is 0.367 e. The highest BCUT2D eigenvalue weighted by Crippen LogP contribution is 2.39. The second-order valence-corrected chi connectivity index (χ2v) is 13.0. The van der Waals surface area contributed by atoms with Crippen LogP contribution in [0.4, 0.5) is 25.8 Å². The third kappa shape index (κ3) is 8.10. The topological polar surface area (TPSA) is 139 Å². The van der Waals surface area contributed by atoms with Crippen LogP contribution >= 0.6 is 23.5 Å².